The van der Waals surface area contributed by atoms with Crippen molar-refractivity contribution in [3.8, 4) is 5.88 Å². The molecule has 1 aliphatic heterocycles. The molecule has 1 aromatic carbocycles. The molecule has 1 saturated heterocycles. The second-order valence-corrected chi connectivity index (χ2v) is 7.20. The van der Waals surface area contributed by atoms with Gasteiger partial charge in [-0.1, -0.05) is 12.1 Å². The third-order valence-corrected chi connectivity index (χ3v) is 4.98. The van der Waals surface area contributed by atoms with Crippen LogP contribution in [0.1, 0.15) is 18.9 Å². The van der Waals surface area contributed by atoms with Gasteiger partial charge in [-0.2, -0.15) is 0 Å². The van der Waals surface area contributed by atoms with Crippen LogP contribution >= 0.6 is 0 Å². The number of piperazine rings is 1. The van der Waals surface area contributed by atoms with Crippen LogP contribution in [0.3, 0.4) is 0 Å². The monoisotopic (exact) mass is 419 g/mol. The number of halogens is 2. The molecule has 1 aliphatic rings. The first-order valence-corrected chi connectivity index (χ1v) is 9.63. The van der Waals surface area contributed by atoms with Gasteiger partial charge in [0.05, 0.1) is 11.4 Å². The van der Waals surface area contributed by atoms with Gasteiger partial charge in [0.2, 0.25) is 5.88 Å². The van der Waals surface area contributed by atoms with Crippen LogP contribution in [0, 0.1) is 0 Å². The van der Waals surface area contributed by atoms with Crippen LogP contribution in [0.25, 0.3) is 0 Å². The Morgan fingerprint density at radius 2 is 1.77 bits per heavy atom. The molecule has 1 aromatic heterocycles. The summed E-state index contributed by atoms with van der Waals surface area (Å²) in [7, 11) is 2.10. The van der Waals surface area contributed by atoms with Gasteiger partial charge < -0.3 is 20.3 Å². The van der Waals surface area contributed by atoms with E-state index in [4.69, 9.17) is 16.3 Å². The van der Waals surface area contributed by atoms with Crippen molar-refractivity contribution in [2.24, 2.45) is 11.6 Å². The zero-order valence-electron chi connectivity index (χ0n) is 17.1. The summed E-state index contributed by atoms with van der Waals surface area (Å²) in [5.41, 5.74) is 7.33. The molecule has 2 heterocycles. The van der Waals surface area contributed by atoms with E-state index in [2.05, 4.69) is 27.0 Å². The Hall–Kier alpha value is -2.98. The number of anilines is 2. The maximum absolute atomic E-state index is 12.7. The molecule has 4 N–H and O–H groups in total. The summed E-state index contributed by atoms with van der Waals surface area (Å²) in [6.45, 7) is 5.50. The molecule has 10 heteroatoms. The lowest BCUT2D eigenvalue weighted by Gasteiger charge is -2.32. The van der Waals surface area contributed by atoms with E-state index in [0.717, 1.165) is 32.0 Å². The summed E-state index contributed by atoms with van der Waals surface area (Å²) in [4.78, 5) is 4.45. The average molecular weight is 419 g/mol. The predicted octanol–water partition coefficient (Wildman–Crippen LogP) is 2.12. The minimum absolute atomic E-state index is 0.0535. The average Bonchev–Trinajstić information content (AvgIpc) is 2.74. The van der Waals surface area contributed by atoms with Gasteiger partial charge >= 0.3 is 0 Å². The molecular weight excluding hydrogens is 392 g/mol. The minimum Gasteiger partial charge on any atom is -0.470 e. The first-order chi connectivity index (χ1) is 14.3. The lowest BCUT2D eigenvalue weighted by molar-refractivity contribution is 0.151. The van der Waals surface area contributed by atoms with E-state index in [1.807, 2.05) is 6.07 Å². The predicted molar refractivity (Wildman–Crippen MR) is 112 cm³/mol. The molecule has 0 unspecified atom stereocenters. The largest absolute Gasteiger partial charge is 0.470 e. The molecule has 1 fully saturated rings. The van der Waals surface area contributed by atoms with Crippen LogP contribution in [0.4, 0.5) is 20.3 Å². The Kier molecular flexibility index (Phi) is 7.01. The molecule has 8 nitrogen and oxygen atoms in total. The number of rotatable bonds is 7. The molecule has 0 atom stereocenters. The standard InChI is InChI=1S/C20H27F2N7O/c1-14(23)17(29(24)16-5-3-15(4-6-16)20(21)22)13-30-19-8-7-18(25-26-19)28-11-9-27(2)10-12-28/h3-8,20H,9-13,23-24H2,1-2H3/b17-14-. The Labute approximate surface area is 174 Å². The second-order valence-electron chi connectivity index (χ2n) is 7.20. The Morgan fingerprint density at radius 3 is 2.30 bits per heavy atom. The number of benzene rings is 1. The number of aromatic nitrogens is 2. The lowest BCUT2D eigenvalue weighted by atomic mass is 10.2. The number of hydrogen-bond acceptors (Lipinski definition) is 8. The molecule has 0 aliphatic carbocycles. The van der Waals surface area contributed by atoms with Crippen molar-refractivity contribution in [1.82, 2.24) is 15.1 Å². The first kappa shape index (κ1) is 21.7. The summed E-state index contributed by atoms with van der Waals surface area (Å²) < 4.78 is 31.2. The Morgan fingerprint density at radius 1 is 1.10 bits per heavy atom. The minimum atomic E-state index is -2.53. The zero-order valence-corrected chi connectivity index (χ0v) is 17.1. The molecule has 0 bridgehead atoms. The highest BCUT2D eigenvalue weighted by atomic mass is 19.3. The van der Waals surface area contributed by atoms with Crippen molar-refractivity contribution in [1.29, 1.82) is 0 Å². The van der Waals surface area contributed by atoms with Gasteiger partial charge in [-0.3, -0.25) is 5.01 Å². The van der Waals surface area contributed by atoms with E-state index < -0.39 is 6.43 Å². The van der Waals surface area contributed by atoms with E-state index in [-0.39, 0.29) is 12.2 Å². The molecular formula is C20H27F2N7O. The Bertz CT molecular complexity index is 846. The molecule has 3 rings (SSSR count). The molecule has 0 saturated carbocycles. The van der Waals surface area contributed by atoms with E-state index in [9.17, 15) is 8.78 Å². The van der Waals surface area contributed by atoms with Crippen molar-refractivity contribution in [2.75, 3.05) is 49.7 Å². The van der Waals surface area contributed by atoms with Gasteiger partial charge in [0.15, 0.2) is 5.82 Å². The summed E-state index contributed by atoms with van der Waals surface area (Å²) in [6, 6.07) is 9.29. The number of hydrogen-bond donors (Lipinski definition) is 2. The second kappa shape index (κ2) is 9.68. The molecule has 162 valence electrons. The van der Waals surface area contributed by atoms with Gasteiger partial charge in [0.25, 0.3) is 6.43 Å². The third kappa shape index (κ3) is 5.33. The van der Waals surface area contributed by atoms with Crippen molar-refractivity contribution < 1.29 is 13.5 Å². The smallest absolute Gasteiger partial charge is 0.263 e. The normalized spacial score (nSPS) is 15.9. The molecule has 0 amide bonds. The fourth-order valence-corrected chi connectivity index (χ4v) is 3.05. The van der Waals surface area contributed by atoms with E-state index in [1.54, 1.807) is 13.0 Å². The molecule has 30 heavy (non-hydrogen) atoms. The van der Waals surface area contributed by atoms with E-state index in [1.165, 1.54) is 29.3 Å². The van der Waals surface area contributed by atoms with Crippen LogP contribution in [-0.2, 0) is 0 Å². The van der Waals surface area contributed by atoms with Gasteiger partial charge in [0, 0.05) is 43.5 Å². The number of nitrogens with zero attached hydrogens (tertiary/aromatic N) is 5. The number of allylic oxidation sites excluding steroid dienone is 1. The van der Waals surface area contributed by atoms with Crippen LogP contribution in [0.5, 0.6) is 5.88 Å². The van der Waals surface area contributed by atoms with Crippen molar-refractivity contribution >= 4 is 11.5 Å². The van der Waals surface area contributed by atoms with Crippen LogP contribution in [-0.4, -0.2) is 54.9 Å². The highest BCUT2D eigenvalue weighted by Crippen LogP contribution is 2.24. The number of likely N-dealkylation sites (N-methyl/N-ethyl adjacent to an activating group) is 1. The summed E-state index contributed by atoms with van der Waals surface area (Å²) in [6.07, 6.45) is -2.53. The summed E-state index contributed by atoms with van der Waals surface area (Å²) in [5.74, 6) is 7.29. The molecule has 0 spiro atoms. The van der Waals surface area contributed by atoms with Crippen LogP contribution in [0.15, 0.2) is 47.8 Å². The maximum Gasteiger partial charge on any atom is 0.263 e. The quantitative estimate of drug-likeness (QED) is 0.520. The Balaban J connectivity index is 1.62. The zero-order chi connectivity index (χ0) is 21.7. The third-order valence-electron chi connectivity index (χ3n) is 4.98. The first-order valence-electron chi connectivity index (χ1n) is 9.63. The number of alkyl halides is 2. The van der Waals surface area contributed by atoms with Gasteiger partial charge in [-0.05, 0) is 32.2 Å². The number of ether oxygens (including phenoxy) is 1. The topological polar surface area (TPSA) is 96.8 Å². The number of nitrogens with two attached hydrogens (primary N) is 2. The fraction of sp³-hybridized carbons (Fsp3) is 0.400. The maximum atomic E-state index is 12.7. The van der Waals surface area contributed by atoms with Gasteiger partial charge in [-0.15, -0.1) is 10.2 Å². The fourth-order valence-electron chi connectivity index (χ4n) is 3.05. The van der Waals surface area contributed by atoms with Crippen molar-refractivity contribution in [3.05, 3.63) is 53.4 Å². The van der Waals surface area contributed by atoms with Crippen LogP contribution in [0.2, 0.25) is 0 Å². The molecule has 2 aromatic rings. The number of hydrazine groups is 1. The highest BCUT2D eigenvalue weighted by molar-refractivity contribution is 5.52. The van der Waals surface area contributed by atoms with Crippen molar-refractivity contribution in [2.45, 2.75) is 13.3 Å². The van der Waals surface area contributed by atoms with Gasteiger partial charge in [-0.25, -0.2) is 14.6 Å². The lowest BCUT2D eigenvalue weighted by Crippen LogP contribution is -2.44. The van der Waals surface area contributed by atoms with E-state index >= 15 is 0 Å². The SMILES string of the molecule is C/C(N)=C(\COc1ccc(N2CCN(C)CC2)nn1)N(N)c1ccc(C(F)F)cc1. The van der Waals surface area contributed by atoms with Crippen LogP contribution < -0.4 is 26.2 Å². The summed E-state index contributed by atoms with van der Waals surface area (Å²) >= 11 is 0. The van der Waals surface area contributed by atoms with Crippen molar-refractivity contribution in [3.63, 3.8) is 0 Å². The molecule has 0 radical (unpaired) electrons. The van der Waals surface area contributed by atoms with Gasteiger partial charge in [0.1, 0.15) is 6.61 Å². The highest BCUT2D eigenvalue weighted by Gasteiger charge is 2.17. The van der Waals surface area contributed by atoms with E-state index in [0.29, 0.717) is 23.0 Å². The summed E-state index contributed by atoms with van der Waals surface area (Å²) in [5, 5.41) is 9.70.